The van der Waals surface area contributed by atoms with E-state index in [2.05, 4.69) is 0 Å². The van der Waals surface area contributed by atoms with Gasteiger partial charge < -0.3 is 19.5 Å². The molecule has 1 rings (SSSR count). The highest BCUT2D eigenvalue weighted by Gasteiger charge is 2.38. The summed E-state index contributed by atoms with van der Waals surface area (Å²) in [6, 6.07) is -0.359. The van der Waals surface area contributed by atoms with Crippen molar-refractivity contribution in [2.75, 3.05) is 13.7 Å². The van der Waals surface area contributed by atoms with E-state index in [0.717, 1.165) is 0 Å². The zero-order valence-corrected chi connectivity index (χ0v) is 11.3. The van der Waals surface area contributed by atoms with Crippen LogP contribution in [0.3, 0.4) is 0 Å². The molecule has 0 unspecified atom stereocenters. The zero-order chi connectivity index (χ0) is 13.9. The summed E-state index contributed by atoms with van der Waals surface area (Å²) in [6.07, 6.45) is -0.156. The SMILES string of the molecule is CO[C@H]1C[C@@H](CC(=O)O)N(C(=O)OC(C)(C)C)C1. The molecule has 0 spiro atoms. The third kappa shape index (κ3) is 4.18. The second kappa shape index (κ2) is 5.56. The summed E-state index contributed by atoms with van der Waals surface area (Å²) in [7, 11) is 1.56. The molecule has 1 saturated heterocycles. The molecular weight excluding hydrogens is 238 g/mol. The van der Waals surface area contributed by atoms with E-state index in [9.17, 15) is 9.59 Å². The van der Waals surface area contributed by atoms with Crippen LogP contribution in [-0.4, -0.2) is 53.5 Å². The van der Waals surface area contributed by atoms with E-state index < -0.39 is 17.7 Å². The van der Waals surface area contributed by atoms with Crippen molar-refractivity contribution in [2.45, 2.75) is 51.4 Å². The minimum atomic E-state index is -0.926. The Labute approximate surface area is 107 Å². The summed E-state index contributed by atoms with van der Waals surface area (Å²) in [4.78, 5) is 24.2. The number of methoxy groups -OCH3 is 1. The van der Waals surface area contributed by atoms with Gasteiger partial charge in [-0.1, -0.05) is 0 Å². The summed E-state index contributed by atoms with van der Waals surface area (Å²) >= 11 is 0. The molecule has 1 aliphatic heterocycles. The largest absolute Gasteiger partial charge is 0.481 e. The minimum absolute atomic E-state index is 0.0842. The molecular formula is C12H21NO5. The Morgan fingerprint density at radius 2 is 2.00 bits per heavy atom. The molecule has 1 amide bonds. The Hall–Kier alpha value is -1.30. The normalized spacial score (nSPS) is 24.1. The maximum absolute atomic E-state index is 12.0. The van der Waals surface area contributed by atoms with Gasteiger partial charge in [-0.05, 0) is 27.2 Å². The Morgan fingerprint density at radius 1 is 1.39 bits per heavy atom. The van der Waals surface area contributed by atoms with Crippen LogP contribution in [0.5, 0.6) is 0 Å². The number of carbonyl (C=O) groups excluding carboxylic acids is 1. The highest BCUT2D eigenvalue weighted by atomic mass is 16.6. The van der Waals surface area contributed by atoms with Crippen molar-refractivity contribution in [1.29, 1.82) is 0 Å². The smallest absolute Gasteiger partial charge is 0.410 e. The number of hydrogen-bond acceptors (Lipinski definition) is 4. The molecule has 1 heterocycles. The first-order chi connectivity index (χ1) is 8.23. The lowest BCUT2D eigenvalue weighted by Gasteiger charge is -2.27. The van der Waals surface area contributed by atoms with E-state index in [1.807, 2.05) is 0 Å². The van der Waals surface area contributed by atoms with E-state index in [-0.39, 0.29) is 18.6 Å². The first-order valence-corrected chi connectivity index (χ1v) is 5.97. The van der Waals surface area contributed by atoms with Crippen LogP contribution in [0.15, 0.2) is 0 Å². The van der Waals surface area contributed by atoms with E-state index in [0.29, 0.717) is 13.0 Å². The standard InChI is InChI=1S/C12H21NO5/c1-12(2,3)18-11(16)13-7-9(17-4)5-8(13)6-10(14)15/h8-9H,5-7H2,1-4H3,(H,14,15)/t8-,9-/m0/s1. The van der Waals surface area contributed by atoms with Gasteiger partial charge in [0.1, 0.15) is 5.60 Å². The second-order valence-electron chi connectivity index (χ2n) is 5.48. The van der Waals surface area contributed by atoms with E-state index in [1.165, 1.54) is 4.90 Å². The number of amides is 1. The number of rotatable bonds is 3. The Kier molecular flexibility index (Phi) is 4.56. The topological polar surface area (TPSA) is 76.1 Å². The van der Waals surface area contributed by atoms with Crippen molar-refractivity contribution < 1.29 is 24.2 Å². The average molecular weight is 259 g/mol. The predicted octanol–water partition coefficient (Wildman–Crippen LogP) is 1.49. The highest BCUT2D eigenvalue weighted by Crippen LogP contribution is 2.24. The van der Waals surface area contributed by atoms with Crippen LogP contribution in [0.25, 0.3) is 0 Å². The third-order valence-electron chi connectivity index (χ3n) is 2.75. The van der Waals surface area contributed by atoms with Gasteiger partial charge in [0.25, 0.3) is 0 Å². The van der Waals surface area contributed by atoms with Crippen LogP contribution in [-0.2, 0) is 14.3 Å². The van der Waals surface area contributed by atoms with Gasteiger partial charge in [-0.15, -0.1) is 0 Å². The van der Waals surface area contributed by atoms with Crippen molar-refractivity contribution in [3.05, 3.63) is 0 Å². The molecule has 6 heteroatoms. The molecule has 0 aromatic carbocycles. The molecule has 6 nitrogen and oxygen atoms in total. The number of hydrogen-bond donors (Lipinski definition) is 1. The Balaban J connectivity index is 2.70. The van der Waals surface area contributed by atoms with E-state index >= 15 is 0 Å². The van der Waals surface area contributed by atoms with Gasteiger partial charge in [0, 0.05) is 13.2 Å². The molecule has 104 valence electrons. The molecule has 18 heavy (non-hydrogen) atoms. The lowest BCUT2D eigenvalue weighted by Crippen LogP contribution is -2.41. The first-order valence-electron chi connectivity index (χ1n) is 5.97. The Bertz CT molecular complexity index is 323. The molecule has 0 aromatic heterocycles. The van der Waals surface area contributed by atoms with E-state index in [1.54, 1.807) is 27.9 Å². The fourth-order valence-electron chi connectivity index (χ4n) is 1.98. The lowest BCUT2D eigenvalue weighted by atomic mass is 10.1. The average Bonchev–Trinajstić information content (AvgIpc) is 2.57. The van der Waals surface area contributed by atoms with Gasteiger partial charge in [-0.2, -0.15) is 0 Å². The van der Waals surface area contributed by atoms with Crippen LogP contribution in [0.1, 0.15) is 33.6 Å². The molecule has 0 radical (unpaired) electrons. The van der Waals surface area contributed by atoms with Gasteiger partial charge >= 0.3 is 12.1 Å². The third-order valence-corrected chi connectivity index (χ3v) is 2.75. The monoisotopic (exact) mass is 259 g/mol. The summed E-state index contributed by atoms with van der Waals surface area (Å²) in [6.45, 7) is 5.71. The number of ether oxygens (including phenoxy) is 2. The van der Waals surface area contributed by atoms with Gasteiger partial charge in [0.2, 0.25) is 0 Å². The van der Waals surface area contributed by atoms with Gasteiger partial charge in [0.05, 0.1) is 19.1 Å². The molecule has 0 aliphatic carbocycles. The fraction of sp³-hybridized carbons (Fsp3) is 0.833. The first kappa shape index (κ1) is 14.8. The summed E-state index contributed by atoms with van der Waals surface area (Å²) < 4.78 is 10.5. The summed E-state index contributed by atoms with van der Waals surface area (Å²) in [5.41, 5.74) is -0.587. The van der Waals surface area contributed by atoms with Crippen LogP contribution in [0.2, 0.25) is 0 Å². The van der Waals surface area contributed by atoms with Gasteiger partial charge in [-0.25, -0.2) is 4.79 Å². The molecule has 0 bridgehead atoms. The fourth-order valence-corrected chi connectivity index (χ4v) is 1.98. The van der Waals surface area contributed by atoms with E-state index in [4.69, 9.17) is 14.6 Å². The number of nitrogens with zero attached hydrogens (tertiary/aromatic N) is 1. The number of carboxylic acid groups (broad SMARTS) is 1. The number of likely N-dealkylation sites (tertiary alicyclic amines) is 1. The number of carbonyl (C=O) groups is 2. The molecule has 1 N–H and O–H groups in total. The van der Waals surface area contributed by atoms with Crippen molar-refractivity contribution in [3.63, 3.8) is 0 Å². The molecule has 0 saturated carbocycles. The van der Waals surface area contributed by atoms with Gasteiger partial charge in [-0.3, -0.25) is 4.79 Å². The molecule has 0 aromatic rings. The summed E-state index contributed by atoms with van der Waals surface area (Å²) in [5.74, 6) is -0.926. The quantitative estimate of drug-likeness (QED) is 0.831. The van der Waals surface area contributed by atoms with Crippen LogP contribution in [0, 0.1) is 0 Å². The molecule has 1 fully saturated rings. The molecule has 1 aliphatic rings. The summed E-state index contributed by atoms with van der Waals surface area (Å²) in [5, 5.41) is 8.85. The lowest BCUT2D eigenvalue weighted by molar-refractivity contribution is -0.138. The zero-order valence-electron chi connectivity index (χ0n) is 11.3. The van der Waals surface area contributed by atoms with Crippen LogP contribution < -0.4 is 0 Å². The number of carboxylic acids is 1. The number of aliphatic carboxylic acids is 1. The predicted molar refractivity (Wildman–Crippen MR) is 64.4 cm³/mol. The maximum atomic E-state index is 12.0. The van der Waals surface area contributed by atoms with Crippen LogP contribution >= 0.6 is 0 Å². The maximum Gasteiger partial charge on any atom is 0.410 e. The molecule has 2 atom stereocenters. The van der Waals surface area contributed by atoms with Crippen molar-refractivity contribution >= 4 is 12.1 Å². The second-order valence-corrected chi connectivity index (χ2v) is 5.48. The van der Waals surface area contributed by atoms with Gasteiger partial charge in [0.15, 0.2) is 0 Å². The van der Waals surface area contributed by atoms with Crippen molar-refractivity contribution in [1.82, 2.24) is 4.90 Å². The minimum Gasteiger partial charge on any atom is -0.481 e. The Morgan fingerprint density at radius 3 is 2.44 bits per heavy atom. The van der Waals surface area contributed by atoms with Crippen LogP contribution in [0.4, 0.5) is 4.79 Å². The van der Waals surface area contributed by atoms with Crippen molar-refractivity contribution in [3.8, 4) is 0 Å². The van der Waals surface area contributed by atoms with Crippen molar-refractivity contribution in [2.24, 2.45) is 0 Å². The highest BCUT2D eigenvalue weighted by molar-refractivity contribution is 5.72.